The molecule has 0 heterocycles. The van der Waals surface area contributed by atoms with Crippen LogP contribution in [-0.4, -0.2) is 23.2 Å². The van der Waals surface area contributed by atoms with Gasteiger partial charge in [-0.15, -0.1) is 0 Å². The van der Waals surface area contributed by atoms with E-state index in [-0.39, 0.29) is 17.9 Å². The van der Waals surface area contributed by atoms with Crippen LogP contribution in [-0.2, 0) is 11.2 Å². The average Bonchev–Trinajstić information content (AvgIpc) is 3.31. The molecule has 3 nitrogen and oxygen atoms in total. The van der Waals surface area contributed by atoms with E-state index >= 15 is 0 Å². The molecule has 2 fully saturated rings. The topological polar surface area (TPSA) is 49.3 Å². The van der Waals surface area contributed by atoms with Gasteiger partial charge in [0, 0.05) is 12.0 Å². The number of hydrogen-bond acceptors (Lipinski definition) is 2. The summed E-state index contributed by atoms with van der Waals surface area (Å²) in [6.07, 6.45) is 9.13. The zero-order valence-electron chi connectivity index (χ0n) is 13.9. The van der Waals surface area contributed by atoms with E-state index in [1.54, 1.807) is 0 Å². The second-order valence-electron chi connectivity index (χ2n) is 7.35. The summed E-state index contributed by atoms with van der Waals surface area (Å²) in [5.41, 5.74) is 1.42. The highest BCUT2D eigenvalue weighted by molar-refractivity contribution is 5.79. The van der Waals surface area contributed by atoms with E-state index in [4.69, 9.17) is 0 Å². The maximum atomic E-state index is 12.2. The minimum atomic E-state index is -0.183. The first-order chi connectivity index (χ1) is 11.2. The van der Waals surface area contributed by atoms with Crippen LogP contribution in [0.15, 0.2) is 30.3 Å². The molecule has 2 aliphatic rings. The maximum Gasteiger partial charge on any atom is 0.223 e. The molecule has 0 unspecified atom stereocenters. The van der Waals surface area contributed by atoms with Crippen molar-refractivity contribution < 1.29 is 9.90 Å². The van der Waals surface area contributed by atoms with Crippen molar-refractivity contribution >= 4 is 5.91 Å². The molecule has 3 heteroatoms. The van der Waals surface area contributed by atoms with Crippen LogP contribution in [0.2, 0.25) is 0 Å². The molecule has 126 valence electrons. The molecule has 1 aromatic carbocycles. The Morgan fingerprint density at radius 3 is 2.57 bits per heavy atom. The number of unbranched alkanes of at least 4 members (excludes halogenated alkanes) is 1. The van der Waals surface area contributed by atoms with Gasteiger partial charge in [0.15, 0.2) is 0 Å². The minimum Gasteiger partial charge on any atom is -0.393 e. The third kappa shape index (κ3) is 5.07. The number of hydrogen-bond donors (Lipinski definition) is 2. The van der Waals surface area contributed by atoms with E-state index in [0.29, 0.717) is 12.0 Å². The highest BCUT2D eigenvalue weighted by atomic mass is 16.3. The van der Waals surface area contributed by atoms with Gasteiger partial charge in [-0.25, -0.2) is 0 Å². The standard InChI is InChI=1S/C20H29NO2/c22-18-12-10-16(11-13-18)20(23)21-19-14-17(19)9-5-4-8-15-6-2-1-3-7-15/h1-3,6-7,16-19,22H,4-5,8-14H2,(H,21,23)/t16?,17-,18?,19-/m1/s1. The first kappa shape index (κ1) is 16.5. The minimum absolute atomic E-state index is 0.137. The van der Waals surface area contributed by atoms with Crippen molar-refractivity contribution in [2.75, 3.05) is 0 Å². The summed E-state index contributed by atoms with van der Waals surface area (Å²) in [5, 5.41) is 12.7. The number of amides is 1. The van der Waals surface area contributed by atoms with Crippen molar-refractivity contribution in [3.63, 3.8) is 0 Å². The van der Waals surface area contributed by atoms with E-state index in [9.17, 15) is 9.90 Å². The van der Waals surface area contributed by atoms with Crippen LogP contribution in [0.4, 0.5) is 0 Å². The number of aryl methyl sites for hydroxylation is 1. The zero-order chi connectivity index (χ0) is 16.1. The maximum absolute atomic E-state index is 12.2. The lowest BCUT2D eigenvalue weighted by molar-refractivity contribution is -0.126. The molecular weight excluding hydrogens is 286 g/mol. The Morgan fingerprint density at radius 2 is 1.83 bits per heavy atom. The summed E-state index contributed by atoms with van der Waals surface area (Å²) in [6, 6.07) is 11.1. The summed E-state index contributed by atoms with van der Waals surface area (Å²) in [6.45, 7) is 0. The monoisotopic (exact) mass is 315 g/mol. The van der Waals surface area contributed by atoms with Gasteiger partial charge in [0.2, 0.25) is 5.91 Å². The van der Waals surface area contributed by atoms with Crippen molar-refractivity contribution in [1.82, 2.24) is 5.32 Å². The molecule has 0 aliphatic heterocycles. The fourth-order valence-electron chi connectivity index (χ4n) is 3.76. The predicted molar refractivity (Wildman–Crippen MR) is 92.0 cm³/mol. The molecule has 0 bridgehead atoms. The molecule has 0 saturated heterocycles. The Bertz CT molecular complexity index is 494. The number of benzene rings is 1. The molecular formula is C20H29NO2. The molecule has 2 aliphatic carbocycles. The van der Waals surface area contributed by atoms with Gasteiger partial charge in [-0.1, -0.05) is 36.8 Å². The Kier molecular flexibility index (Phi) is 5.71. The molecule has 0 radical (unpaired) electrons. The van der Waals surface area contributed by atoms with Crippen molar-refractivity contribution in [2.45, 2.75) is 69.9 Å². The fourth-order valence-corrected chi connectivity index (χ4v) is 3.76. The van der Waals surface area contributed by atoms with Crippen molar-refractivity contribution in [1.29, 1.82) is 0 Å². The van der Waals surface area contributed by atoms with Gasteiger partial charge < -0.3 is 10.4 Å². The number of aliphatic hydroxyl groups is 1. The smallest absolute Gasteiger partial charge is 0.223 e. The third-order valence-corrected chi connectivity index (χ3v) is 5.45. The first-order valence-corrected chi connectivity index (χ1v) is 9.24. The highest BCUT2D eigenvalue weighted by Crippen LogP contribution is 2.36. The largest absolute Gasteiger partial charge is 0.393 e. The second-order valence-corrected chi connectivity index (χ2v) is 7.35. The van der Waals surface area contributed by atoms with Gasteiger partial charge in [0.25, 0.3) is 0 Å². The van der Waals surface area contributed by atoms with Gasteiger partial charge in [0.05, 0.1) is 6.10 Å². The Morgan fingerprint density at radius 1 is 1.09 bits per heavy atom. The third-order valence-electron chi connectivity index (χ3n) is 5.45. The van der Waals surface area contributed by atoms with Crippen LogP contribution in [0.1, 0.15) is 56.9 Å². The van der Waals surface area contributed by atoms with E-state index in [2.05, 4.69) is 35.6 Å². The van der Waals surface area contributed by atoms with Crippen molar-refractivity contribution in [2.24, 2.45) is 11.8 Å². The van der Waals surface area contributed by atoms with Gasteiger partial charge in [-0.2, -0.15) is 0 Å². The SMILES string of the molecule is O=C(N[C@@H]1C[C@H]1CCCCc1ccccc1)C1CCC(O)CC1. The van der Waals surface area contributed by atoms with E-state index in [0.717, 1.165) is 38.5 Å². The molecule has 1 amide bonds. The van der Waals surface area contributed by atoms with Crippen LogP contribution in [0.3, 0.4) is 0 Å². The lowest BCUT2D eigenvalue weighted by Crippen LogP contribution is -2.36. The van der Waals surface area contributed by atoms with Crippen molar-refractivity contribution in [3.8, 4) is 0 Å². The van der Waals surface area contributed by atoms with Crippen molar-refractivity contribution in [3.05, 3.63) is 35.9 Å². The summed E-state index contributed by atoms with van der Waals surface area (Å²) in [4.78, 5) is 12.2. The molecule has 0 aromatic heterocycles. The fraction of sp³-hybridized carbons (Fsp3) is 0.650. The number of carbonyl (C=O) groups is 1. The van der Waals surface area contributed by atoms with Gasteiger partial charge >= 0.3 is 0 Å². The van der Waals surface area contributed by atoms with Gasteiger partial charge in [0.1, 0.15) is 0 Å². The van der Waals surface area contributed by atoms with E-state index < -0.39 is 0 Å². The lowest BCUT2D eigenvalue weighted by Gasteiger charge is -2.24. The molecule has 0 spiro atoms. The quantitative estimate of drug-likeness (QED) is 0.757. The van der Waals surface area contributed by atoms with Crippen LogP contribution in [0, 0.1) is 11.8 Å². The molecule has 23 heavy (non-hydrogen) atoms. The summed E-state index contributed by atoms with van der Waals surface area (Å²) in [5.74, 6) is 1.07. The van der Waals surface area contributed by atoms with Crippen LogP contribution >= 0.6 is 0 Å². The Labute approximate surface area is 139 Å². The molecule has 2 atom stereocenters. The number of aliphatic hydroxyl groups excluding tert-OH is 1. The summed E-state index contributed by atoms with van der Waals surface area (Å²) >= 11 is 0. The molecule has 3 rings (SSSR count). The molecule has 2 N–H and O–H groups in total. The summed E-state index contributed by atoms with van der Waals surface area (Å²) < 4.78 is 0. The van der Waals surface area contributed by atoms with Crippen LogP contribution < -0.4 is 5.32 Å². The predicted octanol–water partition coefficient (Wildman–Crippen LogP) is 3.46. The molecule has 2 saturated carbocycles. The first-order valence-electron chi connectivity index (χ1n) is 9.24. The number of nitrogens with one attached hydrogen (secondary N) is 1. The van der Waals surface area contributed by atoms with Gasteiger partial charge in [-0.3, -0.25) is 4.79 Å². The van der Waals surface area contributed by atoms with Crippen LogP contribution in [0.5, 0.6) is 0 Å². The summed E-state index contributed by atoms with van der Waals surface area (Å²) in [7, 11) is 0. The van der Waals surface area contributed by atoms with Crippen LogP contribution in [0.25, 0.3) is 0 Å². The van der Waals surface area contributed by atoms with E-state index in [1.807, 2.05) is 0 Å². The zero-order valence-corrected chi connectivity index (χ0v) is 13.9. The Hall–Kier alpha value is -1.35. The molecule has 1 aromatic rings. The normalized spacial score (nSPS) is 30.0. The Balaban J connectivity index is 1.27. The lowest BCUT2D eigenvalue weighted by atomic mass is 9.87. The van der Waals surface area contributed by atoms with E-state index in [1.165, 1.54) is 24.8 Å². The van der Waals surface area contributed by atoms with Gasteiger partial charge in [-0.05, 0) is 62.8 Å². The average molecular weight is 315 g/mol. The second kappa shape index (κ2) is 7.96. The number of rotatable bonds is 7. The highest BCUT2D eigenvalue weighted by Gasteiger charge is 2.38. The number of carbonyl (C=O) groups excluding carboxylic acids is 1.